The van der Waals surface area contributed by atoms with Crippen LogP contribution >= 0.6 is 15.9 Å². The predicted molar refractivity (Wildman–Crippen MR) is 91.4 cm³/mol. The molecular weight excluding hydrogens is 397 g/mol. The van der Waals surface area contributed by atoms with Gasteiger partial charge in [-0.15, -0.1) is 0 Å². The van der Waals surface area contributed by atoms with Crippen LogP contribution in [0, 0.1) is 0 Å². The van der Waals surface area contributed by atoms with Crippen LogP contribution in [0.1, 0.15) is 35.7 Å². The summed E-state index contributed by atoms with van der Waals surface area (Å²) in [5.74, 6) is 0.207. The van der Waals surface area contributed by atoms with Crippen molar-refractivity contribution in [1.29, 1.82) is 0 Å². The minimum atomic E-state index is -4.46. The molecule has 0 saturated carbocycles. The quantitative estimate of drug-likeness (QED) is 0.640. The van der Waals surface area contributed by atoms with Crippen LogP contribution in [0.15, 0.2) is 35.1 Å². The summed E-state index contributed by atoms with van der Waals surface area (Å²) < 4.78 is 41.1. The largest absolute Gasteiger partial charge is 0.419 e. The van der Waals surface area contributed by atoms with Gasteiger partial charge >= 0.3 is 6.18 Å². The molecule has 1 aliphatic rings. The summed E-state index contributed by atoms with van der Waals surface area (Å²) in [4.78, 5) is 7.93. The minimum Gasteiger partial charge on any atom is -0.323 e. The molecule has 0 radical (unpaired) electrons. The lowest BCUT2D eigenvalue weighted by Crippen LogP contribution is -2.21. The maximum Gasteiger partial charge on any atom is 0.419 e. The summed E-state index contributed by atoms with van der Waals surface area (Å²) in [6.07, 6.45) is -0.151. The van der Waals surface area contributed by atoms with Crippen molar-refractivity contribution >= 4 is 26.8 Å². The highest BCUT2D eigenvalue weighted by molar-refractivity contribution is 9.10. The van der Waals surface area contributed by atoms with Gasteiger partial charge in [-0.3, -0.25) is 4.57 Å². The van der Waals surface area contributed by atoms with E-state index in [0.717, 1.165) is 58.3 Å². The van der Waals surface area contributed by atoms with Crippen LogP contribution in [0.4, 0.5) is 13.2 Å². The van der Waals surface area contributed by atoms with Crippen LogP contribution < -0.4 is 5.73 Å². The van der Waals surface area contributed by atoms with E-state index in [0.29, 0.717) is 0 Å². The first-order chi connectivity index (χ1) is 11.9. The lowest BCUT2D eigenvalue weighted by Gasteiger charge is -2.21. The number of rotatable bonds is 1. The molecule has 1 aliphatic carbocycles. The number of aryl methyl sites for hydroxylation is 1. The third-order valence-electron chi connectivity index (χ3n) is 4.53. The molecule has 0 saturated heterocycles. The molecule has 4 nitrogen and oxygen atoms in total. The van der Waals surface area contributed by atoms with Crippen LogP contribution in [0.3, 0.4) is 0 Å². The number of fused-ring (bicyclic) bond motifs is 3. The highest BCUT2D eigenvalue weighted by atomic mass is 79.9. The standard InChI is InChI=1S/C17H14BrF3N4/c18-10-4-5-14-12(6-10)11-2-1-3-13(22)15(11)25(14)16-23-7-9(8-24-16)17(19,20)21/h4-8,13H,1-3,22H2. The van der Waals surface area contributed by atoms with Gasteiger partial charge < -0.3 is 5.73 Å². The Labute approximate surface area is 150 Å². The topological polar surface area (TPSA) is 56.7 Å². The monoisotopic (exact) mass is 410 g/mol. The van der Waals surface area contributed by atoms with Crippen molar-refractivity contribution in [3.05, 3.63) is 51.9 Å². The number of hydrogen-bond donors (Lipinski definition) is 1. The van der Waals surface area contributed by atoms with Gasteiger partial charge in [0.05, 0.1) is 11.1 Å². The van der Waals surface area contributed by atoms with Crippen molar-refractivity contribution in [3.8, 4) is 5.95 Å². The lowest BCUT2D eigenvalue weighted by atomic mass is 9.92. The lowest BCUT2D eigenvalue weighted by molar-refractivity contribution is -0.138. The van der Waals surface area contributed by atoms with Crippen molar-refractivity contribution in [2.45, 2.75) is 31.5 Å². The Morgan fingerprint density at radius 2 is 1.92 bits per heavy atom. The van der Waals surface area contributed by atoms with E-state index in [1.165, 1.54) is 0 Å². The highest BCUT2D eigenvalue weighted by Gasteiger charge is 2.32. The molecule has 0 spiro atoms. The van der Waals surface area contributed by atoms with Gasteiger partial charge in [0.2, 0.25) is 5.95 Å². The van der Waals surface area contributed by atoms with Crippen LogP contribution in [-0.2, 0) is 12.6 Å². The Kier molecular flexibility index (Phi) is 3.84. The number of nitrogens with two attached hydrogens (primary N) is 1. The van der Waals surface area contributed by atoms with Crippen LogP contribution in [0.25, 0.3) is 16.9 Å². The zero-order valence-electron chi connectivity index (χ0n) is 13.0. The zero-order chi connectivity index (χ0) is 17.8. The summed E-state index contributed by atoms with van der Waals surface area (Å²) in [5, 5.41) is 1.03. The summed E-state index contributed by atoms with van der Waals surface area (Å²) >= 11 is 3.48. The van der Waals surface area contributed by atoms with Gasteiger partial charge in [-0.05, 0) is 43.0 Å². The normalized spacial score (nSPS) is 17.7. The Hall–Kier alpha value is -1.93. The van der Waals surface area contributed by atoms with Gasteiger partial charge in [0.1, 0.15) is 0 Å². The SMILES string of the molecule is NC1CCCc2c1n(-c1ncc(C(F)(F)F)cn1)c1ccc(Br)cc21. The smallest absolute Gasteiger partial charge is 0.323 e. The van der Waals surface area contributed by atoms with Crippen molar-refractivity contribution in [1.82, 2.24) is 14.5 Å². The molecule has 4 rings (SSSR count). The van der Waals surface area contributed by atoms with E-state index < -0.39 is 11.7 Å². The number of nitrogens with zero attached hydrogens (tertiary/aromatic N) is 3. The molecule has 25 heavy (non-hydrogen) atoms. The number of halogens is 4. The zero-order valence-corrected chi connectivity index (χ0v) is 14.6. The first-order valence-electron chi connectivity index (χ1n) is 7.84. The second-order valence-corrected chi connectivity index (χ2v) is 7.04. The fourth-order valence-electron chi connectivity index (χ4n) is 3.43. The molecule has 0 bridgehead atoms. The molecule has 3 aromatic rings. The molecule has 130 valence electrons. The average Bonchev–Trinajstić information content (AvgIpc) is 2.89. The first kappa shape index (κ1) is 16.5. The van der Waals surface area contributed by atoms with Gasteiger partial charge in [-0.2, -0.15) is 13.2 Å². The van der Waals surface area contributed by atoms with Crippen LogP contribution in [-0.4, -0.2) is 14.5 Å². The van der Waals surface area contributed by atoms with E-state index in [-0.39, 0.29) is 12.0 Å². The molecular formula is C17H14BrF3N4. The fraction of sp³-hybridized carbons (Fsp3) is 0.294. The van der Waals surface area contributed by atoms with Gasteiger partial charge in [0.25, 0.3) is 0 Å². The predicted octanol–water partition coefficient (Wildman–Crippen LogP) is 4.54. The number of aromatic nitrogens is 3. The van der Waals surface area contributed by atoms with E-state index in [1.54, 1.807) is 4.57 Å². The second kappa shape index (κ2) is 5.81. The third kappa shape index (κ3) is 2.73. The Balaban J connectivity index is 1.97. The number of hydrogen-bond acceptors (Lipinski definition) is 3. The Morgan fingerprint density at radius 3 is 2.60 bits per heavy atom. The molecule has 2 N–H and O–H groups in total. The third-order valence-corrected chi connectivity index (χ3v) is 5.03. The number of benzene rings is 1. The van der Waals surface area contributed by atoms with E-state index in [9.17, 15) is 13.2 Å². The van der Waals surface area contributed by atoms with Crippen LogP contribution in [0.2, 0.25) is 0 Å². The molecule has 8 heteroatoms. The second-order valence-electron chi connectivity index (χ2n) is 6.13. The Morgan fingerprint density at radius 1 is 1.20 bits per heavy atom. The van der Waals surface area contributed by atoms with Gasteiger partial charge in [-0.25, -0.2) is 9.97 Å². The molecule has 0 aliphatic heterocycles. The van der Waals surface area contributed by atoms with E-state index in [2.05, 4.69) is 25.9 Å². The molecule has 0 amide bonds. The van der Waals surface area contributed by atoms with Crippen molar-refractivity contribution in [2.75, 3.05) is 0 Å². The molecule has 0 fully saturated rings. The average molecular weight is 411 g/mol. The highest BCUT2D eigenvalue weighted by Crippen LogP contribution is 2.38. The molecule has 1 aromatic carbocycles. The van der Waals surface area contributed by atoms with E-state index in [1.807, 2.05) is 18.2 Å². The van der Waals surface area contributed by atoms with E-state index in [4.69, 9.17) is 5.73 Å². The maximum atomic E-state index is 12.8. The van der Waals surface area contributed by atoms with Crippen molar-refractivity contribution < 1.29 is 13.2 Å². The maximum absolute atomic E-state index is 12.8. The van der Waals surface area contributed by atoms with Gasteiger partial charge in [0, 0.05) is 34.0 Å². The van der Waals surface area contributed by atoms with Crippen molar-refractivity contribution in [3.63, 3.8) is 0 Å². The molecule has 2 heterocycles. The van der Waals surface area contributed by atoms with Crippen LogP contribution in [0.5, 0.6) is 0 Å². The van der Waals surface area contributed by atoms with E-state index >= 15 is 0 Å². The summed E-state index contributed by atoms with van der Waals surface area (Å²) in [6, 6.07) is 5.61. The molecule has 1 unspecified atom stereocenters. The summed E-state index contributed by atoms with van der Waals surface area (Å²) in [6.45, 7) is 0. The molecule has 1 atom stereocenters. The minimum absolute atomic E-state index is 0.194. The van der Waals surface area contributed by atoms with Gasteiger partial charge in [0.15, 0.2) is 0 Å². The Bertz CT molecular complexity index is 947. The van der Waals surface area contributed by atoms with Crippen molar-refractivity contribution in [2.24, 2.45) is 5.73 Å². The first-order valence-corrected chi connectivity index (χ1v) is 8.63. The summed E-state index contributed by atoms with van der Waals surface area (Å²) in [5.41, 5.74) is 8.31. The fourth-order valence-corrected chi connectivity index (χ4v) is 3.80. The van der Waals surface area contributed by atoms with Gasteiger partial charge in [-0.1, -0.05) is 15.9 Å². The number of alkyl halides is 3. The molecule has 2 aromatic heterocycles. The summed E-state index contributed by atoms with van der Waals surface area (Å²) in [7, 11) is 0.